The first-order chi connectivity index (χ1) is 15.1. The standard InChI is InChI=1S/C23H22FN5O2.ClH/c1-3-14-8-19(28(2)27-14)16-9-21-18(29-12-25-26-23(16)29)6-4-15-17(24)5-7-20-22(15)13(10-30-20)11-31-21;/h5,7-9,12-13H,3-4,6,10-11H2,1-2H3;1H/t13-;/m1./s1. The SMILES string of the molecule is CCc1cc(-c2cc3c(n4cnnc24)CCc2c(F)ccc4c2[C@H](CO4)CO3)n(C)n1.Cl. The maximum atomic E-state index is 14.8. The summed E-state index contributed by atoms with van der Waals surface area (Å²) in [5.41, 5.74) is 6.25. The van der Waals surface area contributed by atoms with Crippen molar-refractivity contribution in [2.45, 2.75) is 32.1 Å². The fourth-order valence-corrected chi connectivity index (χ4v) is 4.81. The molecule has 0 spiro atoms. The molecule has 7 nitrogen and oxygen atoms in total. The van der Waals surface area contributed by atoms with E-state index in [2.05, 4.69) is 28.3 Å². The first-order valence-corrected chi connectivity index (χ1v) is 10.6. The zero-order chi connectivity index (χ0) is 21.1. The predicted octanol–water partition coefficient (Wildman–Crippen LogP) is 3.91. The van der Waals surface area contributed by atoms with E-state index < -0.39 is 0 Å². The number of hydrogen-bond donors (Lipinski definition) is 0. The van der Waals surface area contributed by atoms with Gasteiger partial charge in [0.05, 0.1) is 36.2 Å². The van der Waals surface area contributed by atoms with Gasteiger partial charge < -0.3 is 9.47 Å². The minimum absolute atomic E-state index is 0. The Labute approximate surface area is 190 Å². The molecule has 1 atom stereocenters. The second-order valence-electron chi connectivity index (χ2n) is 8.15. The van der Waals surface area contributed by atoms with Gasteiger partial charge in [-0.3, -0.25) is 9.08 Å². The van der Waals surface area contributed by atoms with E-state index in [0.717, 1.165) is 57.3 Å². The Bertz CT molecular complexity index is 1330. The number of nitrogens with zero attached hydrogens (tertiary/aromatic N) is 5. The van der Waals surface area contributed by atoms with Gasteiger partial charge in [-0.2, -0.15) is 5.10 Å². The third kappa shape index (κ3) is 3.04. The quantitative estimate of drug-likeness (QED) is 0.458. The molecule has 6 rings (SSSR count). The van der Waals surface area contributed by atoms with Gasteiger partial charge in [-0.05, 0) is 49.1 Å². The van der Waals surface area contributed by atoms with Crippen LogP contribution in [-0.4, -0.2) is 37.6 Å². The lowest BCUT2D eigenvalue weighted by atomic mass is 9.93. The molecule has 0 N–H and O–H groups in total. The van der Waals surface area contributed by atoms with Gasteiger partial charge in [0.1, 0.15) is 23.6 Å². The molecule has 0 radical (unpaired) electrons. The van der Waals surface area contributed by atoms with Crippen LogP contribution in [0.25, 0.3) is 16.9 Å². The second-order valence-corrected chi connectivity index (χ2v) is 8.15. The highest BCUT2D eigenvalue weighted by Crippen LogP contribution is 2.41. The van der Waals surface area contributed by atoms with Crippen LogP contribution in [0.5, 0.6) is 11.5 Å². The normalized spacial score (nSPS) is 16.8. The summed E-state index contributed by atoms with van der Waals surface area (Å²) in [5.74, 6) is 1.36. The van der Waals surface area contributed by atoms with Crippen LogP contribution in [0.1, 0.15) is 35.4 Å². The van der Waals surface area contributed by atoms with E-state index in [1.165, 1.54) is 6.07 Å². The van der Waals surface area contributed by atoms with Gasteiger partial charge in [-0.1, -0.05) is 6.92 Å². The molecule has 0 amide bonds. The summed E-state index contributed by atoms with van der Waals surface area (Å²) < 4.78 is 30.8. The van der Waals surface area contributed by atoms with Crippen molar-refractivity contribution in [2.75, 3.05) is 13.2 Å². The van der Waals surface area contributed by atoms with E-state index in [1.807, 2.05) is 22.2 Å². The van der Waals surface area contributed by atoms with Crippen molar-refractivity contribution >= 4 is 18.1 Å². The Morgan fingerprint density at radius 3 is 2.72 bits per heavy atom. The number of pyridine rings is 1. The molecule has 5 heterocycles. The molecule has 2 aliphatic heterocycles. The third-order valence-corrected chi connectivity index (χ3v) is 6.37. The zero-order valence-electron chi connectivity index (χ0n) is 17.8. The highest BCUT2D eigenvalue weighted by Gasteiger charge is 2.31. The Balaban J connectivity index is 0.00000216. The molecule has 0 unspecified atom stereocenters. The molecular weight excluding hydrogens is 433 g/mol. The summed E-state index contributed by atoms with van der Waals surface area (Å²) in [6.07, 6.45) is 3.72. The summed E-state index contributed by atoms with van der Waals surface area (Å²) >= 11 is 0. The summed E-state index contributed by atoms with van der Waals surface area (Å²) in [6.45, 7) is 3.01. The van der Waals surface area contributed by atoms with Gasteiger partial charge in [-0.15, -0.1) is 22.6 Å². The highest BCUT2D eigenvalue weighted by atomic mass is 35.5. The Kier molecular flexibility index (Phi) is 5.04. The number of benzene rings is 1. The number of ether oxygens (including phenoxy) is 2. The van der Waals surface area contributed by atoms with Crippen molar-refractivity contribution in [3.05, 3.63) is 58.9 Å². The van der Waals surface area contributed by atoms with Crippen LogP contribution in [0.15, 0.2) is 30.6 Å². The molecule has 0 aliphatic carbocycles. The number of halogens is 2. The third-order valence-electron chi connectivity index (χ3n) is 6.37. The molecule has 0 fully saturated rings. The van der Waals surface area contributed by atoms with Crippen LogP contribution in [0.3, 0.4) is 0 Å². The second kappa shape index (κ2) is 7.78. The number of aromatic nitrogens is 5. The van der Waals surface area contributed by atoms with E-state index in [4.69, 9.17) is 9.47 Å². The molecule has 32 heavy (non-hydrogen) atoms. The fourth-order valence-electron chi connectivity index (χ4n) is 4.81. The van der Waals surface area contributed by atoms with Crippen molar-refractivity contribution in [1.29, 1.82) is 0 Å². The first kappa shape index (κ1) is 20.8. The molecule has 0 saturated carbocycles. The van der Waals surface area contributed by atoms with Gasteiger partial charge in [-0.25, -0.2) is 4.39 Å². The van der Waals surface area contributed by atoms with Crippen LogP contribution >= 0.6 is 12.4 Å². The van der Waals surface area contributed by atoms with E-state index in [-0.39, 0.29) is 24.1 Å². The van der Waals surface area contributed by atoms with Crippen molar-refractivity contribution in [1.82, 2.24) is 24.4 Å². The topological polar surface area (TPSA) is 66.5 Å². The lowest BCUT2D eigenvalue weighted by molar-refractivity contribution is 0.246. The monoisotopic (exact) mass is 455 g/mol. The maximum absolute atomic E-state index is 14.8. The van der Waals surface area contributed by atoms with E-state index >= 15 is 0 Å². The number of fused-ring (bicyclic) bond motifs is 3. The molecule has 0 bridgehead atoms. The molecule has 9 heteroatoms. The average molecular weight is 456 g/mol. The van der Waals surface area contributed by atoms with Gasteiger partial charge in [0.15, 0.2) is 5.65 Å². The molecule has 166 valence electrons. The van der Waals surface area contributed by atoms with Gasteiger partial charge >= 0.3 is 0 Å². The van der Waals surface area contributed by atoms with Gasteiger partial charge in [0.2, 0.25) is 0 Å². The van der Waals surface area contributed by atoms with Crippen LogP contribution in [0, 0.1) is 5.82 Å². The predicted molar refractivity (Wildman–Crippen MR) is 119 cm³/mol. The Hall–Kier alpha value is -3.13. The van der Waals surface area contributed by atoms with E-state index in [1.54, 1.807) is 12.4 Å². The first-order valence-electron chi connectivity index (χ1n) is 10.6. The molecule has 0 saturated heterocycles. The van der Waals surface area contributed by atoms with Crippen LogP contribution in [0.2, 0.25) is 0 Å². The minimum atomic E-state index is -0.184. The number of aryl methyl sites for hydroxylation is 3. The zero-order valence-corrected chi connectivity index (χ0v) is 18.7. The Morgan fingerprint density at radius 1 is 1.12 bits per heavy atom. The van der Waals surface area contributed by atoms with Crippen LogP contribution < -0.4 is 9.47 Å². The van der Waals surface area contributed by atoms with Gasteiger partial charge in [0, 0.05) is 18.2 Å². The molecule has 2 aliphatic rings. The Morgan fingerprint density at radius 2 is 1.94 bits per heavy atom. The maximum Gasteiger partial charge on any atom is 0.170 e. The minimum Gasteiger partial charge on any atom is -0.493 e. The summed E-state index contributed by atoms with van der Waals surface area (Å²) in [4.78, 5) is 0. The summed E-state index contributed by atoms with van der Waals surface area (Å²) in [5, 5.41) is 13.1. The molecule has 4 aromatic rings. The van der Waals surface area contributed by atoms with Crippen molar-refractivity contribution in [2.24, 2.45) is 7.05 Å². The largest absolute Gasteiger partial charge is 0.493 e. The number of rotatable bonds is 2. The van der Waals surface area contributed by atoms with Crippen molar-refractivity contribution in [3.63, 3.8) is 0 Å². The number of hydrogen-bond acceptors (Lipinski definition) is 5. The highest BCUT2D eigenvalue weighted by molar-refractivity contribution is 5.85. The van der Waals surface area contributed by atoms with E-state index in [9.17, 15) is 4.39 Å². The van der Waals surface area contributed by atoms with Crippen LogP contribution in [0.4, 0.5) is 4.39 Å². The van der Waals surface area contributed by atoms with Gasteiger partial charge in [0.25, 0.3) is 0 Å². The summed E-state index contributed by atoms with van der Waals surface area (Å²) in [7, 11) is 1.93. The molecule has 3 aromatic heterocycles. The fraction of sp³-hybridized carbons (Fsp3) is 0.348. The lowest BCUT2D eigenvalue weighted by Gasteiger charge is -2.16. The average Bonchev–Trinajstić information content (AvgIpc) is 3.50. The smallest absolute Gasteiger partial charge is 0.170 e. The summed E-state index contributed by atoms with van der Waals surface area (Å²) in [6, 6.07) is 7.33. The van der Waals surface area contributed by atoms with E-state index in [0.29, 0.717) is 26.1 Å². The van der Waals surface area contributed by atoms with Crippen LogP contribution in [-0.2, 0) is 26.3 Å². The lowest BCUT2D eigenvalue weighted by Crippen LogP contribution is -2.13. The molecular formula is C23H23ClFN5O2. The molecule has 1 aromatic carbocycles. The van der Waals surface area contributed by atoms with Crippen molar-refractivity contribution in [3.8, 4) is 22.8 Å². The van der Waals surface area contributed by atoms with Crippen molar-refractivity contribution < 1.29 is 13.9 Å².